The van der Waals surface area contributed by atoms with Gasteiger partial charge in [0.05, 0.1) is 12.3 Å². The number of carbonyl (C=O) groups excluding carboxylic acids is 1. The quantitative estimate of drug-likeness (QED) is 0.859. The summed E-state index contributed by atoms with van der Waals surface area (Å²) in [4.78, 5) is 15.7. The van der Waals surface area contributed by atoms with E-state index in [2.05, 4.69) is 10.3 Å². The van der Waals surface area contributed by atoms with Crippen LogP contribution in [0.5, 0.6) is 0 Å². The number of aliphatic hydroxyl groups is 1. The van der Waals surface area contributed by atoms with Gasteiger partial charge in [-0.3, -0.25) is 4.79 Å². The van der Waals surface area contributed by atoms with Gasteiger partial charge in [0.1, 0.15) is 0 Å². The lowest BCUT2D eigenvalue weighted by Crippen LogP contribution is -2.30. The van der Waals surface area contributed by atoms with E-state index >= 15 is 0 Å². The molecule has 0 aliphatic carbocycles. The third-order valence-corrected chi connectivity index (χ3v) is 3.09. The maximum absolute atomic E-state index is 11.5. The van der Waals surface area contributed by atoms with Crippen LogP contribution in [0.1, 0.15) is 19.2 Å². The zero-order valence-electron chi connectivity index (χ0n) is 11.7. The molecule has 1 amide bonds. The van der Waals surface area contributed by atoms with Gasteiger partial charge in [-0.15, -0.1) is 0 Å². The number of nitrogens with zero attached hydrogens (tertiary/aromatic N) is 1. The number of carbonyl (C=O) groups is 1. The maximum atomic E-state index is 11.5. The second-order valence-electron chi connectivity index (χ2n) is 4.78. The molecule has 1 heterocycles. The van der Waals surface area contributed by atoms with Crippen molar-refractivity contribution in [1.29, 1.82) is 0 Å². The Hall–Kier alpha value is -1.85. The van der Waals surface area contributed by atoms with Crippen LogP contribution in [-0.2, 0) is 11.2 Å². The molecule has 112 valence electrons. The zero-order chi connectivity index (χ0) is 15.2. The van der Waals surface area contributed by atoms with E-state index in [9.17, 15) is 4.79 Å². The summed E-state index contributed by atoms with van der Waals surface area (Å²) in [7, 11) is 0. The Balaban J connectivity index is 1.88. The van der Waals surface area contributed by atoms with Gasteiger partial charge in [-0.05, 0) is 31.2 Å². The number of rotatable bonds is 6. The Bertz CT molecular complexity index is 593. The van der Waals surface area contributed by atoms with Gasteiger partial charge in [-0.2, -0.15) is 0 Å². The fraction of sp³-hybridized carbons (Fsp3) is 0.333. The van der Waals surface area contributed by atoms with Crippen LogP contribution in [0, 0.1) is 0 Å². The highest BCUT2D eigenvalue weighted by Crippen LogP contribution is 2.22. The van der Waals surface area contributed by atoms with E-state index in [1.807, 2.05) is 12.1 Å². The van der Waals surface area contributed by atoms with Crippen molar-refractivity contribution in [2.24, 2.45) is 0 Å². The van der Waals surface area contributed by atoms with Crippen LogP contribution in [0.15, 0.2) is 34.9 Å². The number of halogens is 1. The molecule has 6 heteroatoms. The number of amides is 1. The molecule has 2 rings (SSSR count). The fourth-order valence-corrected chi connectivity index (χ4v) is 1.87. The summed E-state index contributed by atoms with van der Waals surface area (Å²) in [5, 5.41) is 12.4. The topological polar surface area (TPSA) is 75.4 Å². The van der Waals surface area contributed by atoms with Gasteiger partial charge in [0.25, 0.3) is 0 Å². The number of aryl methyl sites for hydroxylation is 1. The molecule has 0 spiro atoms. The maximum Gasteiger partial charge on any atom is 0.220 e. The van der Waals surface area contributed by atoms with Crippen molar-refractivity contribution in [3.05, 3.63) is 41.4 Å². The molecule has 0 aliphatic heterocycles. The van der Waals surface area contributed by atoms with Crippen molar-refractivity contribution in [3.8, 4) is 11.3 Å². The molecule has 1 unspecified atom stereocenters. The van der Waals surface area contributed by atoms with Gasteiger partial charge in [-0.25, -0.2) is 4.98 Å². The summed E-state index contributed by atoms with van der Waals surface area (Å²) < 4.78 is 5.60. The highest BCUT2D eigenvalue weighted by Gasteiger charge is 2.09. The van der Waals surface area contributed by atoms with Crippen molar-refractivity contribution in [2.75, 3.05) is 6.54 Å². The molecule has 1 aromatic heterocycles. The Kier molecular flexibility index (Phi) is 5.36. The van der Waals surface area contributed by atoms with Crippen LogP contribution in [-0.4, -0.2) is 28.6 Å². The zero-order valence-corrected chi connectivity index (χ0v) is 12.4. The van der Waals surface area contributed by atoms with Crippen LogP contribution >= 0.6 is 11.6 Å². The number of hydrogen-bond acceptors (Lipinski definition) is 4. The molecule has 2 N–H and O–H groups in total. The van der Waals surface area contributed by atoms with Crippen LogP contribution < -0.4 is 5.32 Å². The van der Waals surface area contributed by atoms with Gasteiger partial charge in [0.2, 0.25) is 5.91 Å². The standard InChI is InChI=1S/C15H17ClN2O3/c1-10(19)8-17-14(20)6-7-15-18-9-13(21-15)11-2-4-12(16)5-3-11/h2-5,9-10,19H,6-8H2,1H3,(H,17,20). The van der Waals surface area contributed by atoms with Crippen LogP contribution in [0.3, 0.4) is 0 Å². The normalized spacial score (nSPS) is 12.1. The number of aromatic nitrogens is 1. The Morgan fingerprint density at radius 1 is 1.43 bits per heavy atom. The minimum absolute atomic E-state index is 0.137. The predicted octanol–water partition coefficient (Wildman–Crippen LogP) is 2.42. The van der Waals surface area contributed by atoms with E-state index in [1.165, 1.54) is 0 Å². The van der Waals surface area contributed by atoms with Crippen LogP contribution in [0.4, 0.5) is 0 Å². The molecule has 2 aromatic rings. The highest BCUT2D eigenvalue weighted by molar-refractivity contribution is 6.30. The molecule has 1 aromatic carbocycles. The first kappa shape index (κ1) is 15.5. The Morgan fingerprint density at radius 2 is 2.14 bits per heavy atom. The molecule has 0 radical (unpaired) electrons. The van der Waals surface area contributed by atoms with Crippen molar-refractivity contribution in [3.63, 3.8) is 0 Å². The number of aliphatic hydroxyl groups excluding tert-OH is 1. The monoisotopic (exact) mass is 308 g/mol. The van der Waals surface area contributed by atoms with Gasteiger partial charge in [0.15, 0.2) is 11.7 Å². The number of hydrogen-bond donors (Lipinski definition) is 2. The molecule has 1 atom stereocenters. The van der Waals surface area contributed by atoms with Crippen LogP contribution in [0.2, 0.25) is 5.02 Å². The summed E-state index contributed by atoms with van der Waals surface area (Å²) in [6, 6.07) is 7.26. The minimum Gasteiger partial charge on any atom is -0.441 e. The molecular formula is C15H17ClN2O3. The second kappa shape index (κ2) is 7.24. The second-order valence-corrected chi connectivity index (χ2v) is 5.21. The van der Waals surface area contributed by atoms with Gasteiger partial charge < -0.3 is 14.8 Å². The van der Waals surface area contributed by atoms with Crippen molar-refractivity contribution >= 4 is 17.5 Å². The number of oxazole rings is 1. The van der Waals surface area contributed by atoms with E-state index < -0.39 is 6.10 Å². The van der Waals surface area contributed by atoms with E-state index in [0.717, 1.165) is 5.56 Å². The Morgan fingerprint density at radius 3 is 2.81 bits per heavy atom. The van der Waals surface area contributed by atoms with E-state index in [0.29, 0.717) is 23.1 Å². The van der Waals surface area contributed by atoms with Crippen molar-refractivity contribution in [2.45, 2.75) is 25.9 Å². The van der Waals surface area contributed by atoms with E-state index in [-0.39, 0.29) is 18.9 Å². The first-order chi connectivity index (χ1) is 10.0. The third-order valence-electron chi connectivity index (χ3n) is 2.84. The summed E-state index contributed by atoms with van der Waals surface area (Å²) in [6.07, 6.45) is 1.77. The lowest BCUT2D eigenvalue weighted by Gasteiger charge is -2.05. The molecule has 21 heavy (non-hydrogen) atoms. The third kappa shape index (κ3) is 4.88. The first-order valence-corrected chi connectivity index (χ1v) is 7.08. The van der Waals surface area contributed by atoms with Crippen LogP contribution in [0.25, 0.3) is 11.3 Å². The molecule has 0 bridgehead atoms. The first-order valence-electron chi connectivity index (χ1n) is 6.70. The van der Waals surface area contributed by atoms with E-state index in [1.54, 1.807) is 25.3 Å². The lowest BCUT2D eigenvalue weighted by atomic mass is 10.2. The van der Waals surface area contributed by atoms with Gasteiger partial charge in [-0.1, -0.05) is 11.6 Å². The lowest BCUT2D eigenvalue weighted by molar-refractivity contribution is -0.121. The molecule has 0 saturated heterocycles. The smallest absolute Gasteiger partial charge is 0.220 e. The summed E-state index contributed by atoms with van der Waals surface area (Å²) in [6.45, 7) is 1.87. The molecule has 0 saturated carbocycles. The SMILES string of the molecule is CC(O)CNC(=O)CCc1ncc(-c2ccc(Cl)cc2)o1. The molecule has 5 nitrogen and oxygen atoms in total. The Labute approximate surface area is 128 Å². The van der Waals surface area contributed by atoms with E-state index in [4.69, 9.17) is 21.1 Å². The van der Waals surface area contributed by atoms with Gasteiger partial charge in [0, 0.05) is 30.0 Å². The summed E-state index contributed by atoms with van der Waals surface area (Å²) in [5.41, 5.74) is 0.886. The van der Waals surface area contributed by atoms with Gasteiger partial charge >= 0.3 is 0 Å². The number of nitrogens with one attached hydrogen (secondary N) is 1. The van der Waals surface area contributed by atoms with Crippen molar-refractivity contribution in [1.82, 2.24) is 10.3 Å². The highest BCUT2D eigenvalue weighted by atomic mass is 35.5. The average Bonchev–Trinajstić information content (AvgIpc) is 2.92. The molecular weight excluding hydrogens is 292 g/mol. The average molecular weight is 309 g/mol. The number of benzene rings is 1. The largest absolute Gasteiger partial charge is 0.441 e. The van der Waals surface area contributed by atoms with Crippen molar-refractivity contribution < 1.29 is 14.3 Å². The fourth-order valence-electron chi connectivity index (χ4n) is 1.74. The molecule has 0 fully saturated rings. The predicted molar refractivity (Wildman–Crippen MR) is 80.0 cm³/mol. The molecule has 0 aliphatic rings. The minimum atomic E-state index is -0.549. The summed E-state index contributed by atoms with van der Waals surface area (Å²) >= 11 is 5.83. The summed E-state index contributed by atoms with van der Waals surface area (Å²) in [5.74, 6) is 1.01.